The molecular weight excluding hydrogens is 725 g/mol. The van der Waals surface area contributed by atoms with E-state index < -0.39 is 55.4 Å². The first-order valence-corrected chi connectivity index (χ1v) is 23.1. The van der Waals surface area contributed by atoms with Gasteiger partial charge in [0.1, 0.15) is 31.0 Å². The number of aliphatic hydroxyl groups is 4. The molecule has 0 aromatic rings. The van der Waals surface area contributed by atoms with Gasteiger partial charge in [0.15, 0.2) is 12.4 Å². The van der Waals surface area contributed by atoms with Gasteiger partial charge in [0.05, 0.1) is 13.2 Å². The van der Waals surface area contributed by atoms with Gasteiger partial charge < -0.3 is 39.4 Å². The SMILES string of the molecule is CCCCCC/C=C/CCCCCCCCCCCC(=O)O[C@H](COC(=O)/C=C/C=C/CCCCCCCCCCCCC)CO[C@@H]1O[C@H](CO)[C@H](O)C(O)C1O. The fraction of sp³-hybridized carbons (Fsp3) is 0.830. The number of carbonyl (C=O) groups is 2. The van der Waals surface area contributed by atoms with Gasteiger partial charge in [0, 0.05) is 12.5 Å². The number of carbonyl (C=O) groups excluding carboxylic acids is 2. The summed E-state index contributed by atoms with van der Waals surface area (Å²) >= 11 is 0. The number of unbranched alkanes of at least 4 members (excludes halogenated alkanes) is 24. The maximum absolute atomic E-state index is 12.8. The zero-order chi connectivity index (χ0) is 41.6. The molecule has 1 heterocycles. The van der Waals surface area contributed by atoms with E-state index >= 15 is 0 Å². The van der Waals surface area contributed by atoms with Crippen LogP contribution in [0.25, 0.3) is 0 Å². The van der Waals surface area contributed by atoms with Crippen LogP contribution in [0.1, 0.15) is 194 Å². The molecule has 0 bridgehead atoms. The van der Waals surface area contributed by atoms with Crippen molar-refractivity contribution in [2.45, 2.75) is 230 Å². The third-order valence-corrected chi connectivity index (χ3v) is 10.6. The maximum atomic E-state index is 12.8. The van der Waals surface area contributed by atoms with E-state index in [1.165, 1.54) is 141 Å². The normalized spacial score (nSPS) is 20.6. The van der Waals surface area contributed by atoms with Gasteiger partial charge in [0.2, 0.25) is 0 Å². The molecule has 1 aliphatic rings. The van der Waals surface area contributed by atoms with Crippen LogP contribution in [0.2, 0.25) is 0 Å². The summed E-state index contributed by atoms with van der Waals surface area (Å²) in [5, 5.41) is 40.1. The summed E-state index contributed by atoms with van der Waals surface area (Å²) in [5.74, 6) is -1.06. The van der Waals surface area contributed by atoms with E-state index in [0.29, 0.717) is 6.42 Å². The summed E-state index contributed by atoms with van der Waals surface area (Å²) in [6, 6.07) is 0. The van der Waals surface area contributed by atoms with Crippen LogP contribution < -0.4 is 0 Å². The average Bonchev–Trinajstić information content (AvgIpc) is 3.21. The van der Waals surface area contributed by atoms with Crippen molar-refractivity contribution in [2.24, 2.45) is 0 Å². The molecule has 2 unspecified atom stereocenters. The Labute approximate surface area is 346 Å². The van der Waals surface area contributed by atoms with Crippen LogP contribution in [0.5, 0.6) is 0 Å². The van der Waals surface area contributed by atoms with Crippen molar-refractivity contribution in [1.82, 2.24) is 0 Å². The van der Waals surface area contributed by atoms with Crippen LogP contribution in [0.15, 0.2) is 36.5 Å². The molecule has 0 aromatic carbocycles. The molecule has 0 aromatic heterocycles. The molecule has 0 amide bonds. The lowest BCUT2D eigenvalue weighted by atomic mass is 9.99. The highest BCUT2D eigenvalue weighted by Gasteiger charge is 2.44. The first-order chi connectivity index (χ1) is 27.8. The smallest absolute Gasteiger partial charge is 0.330 e. The summed E-state index contributed by atoms with van der Waals surface area (Å²) in [7, 11) is 0. The summed E-state index contributed by atoms with van der Waals surface area (Å²) in [6.45, 7) is 3.30. The number of ether oxygens (including phenoxy) is 4. The average molecular weight is 809 g/mol. The molecule has 0 spiro atoms. The Morgan fingerprint density at radius 3 is 1.58 bits per heavy atom. The number of hydrogen-bond acceptors (Lipinski definition) is 10. The Bertz CT molecular complexity index is 1030. The fourth-order valence-electron chi connectivity index (χ4n) is 6.92. The molecule has 1 fully saturated rings. The highest BCUT2D eigenvalue weighted by Crippen LogP contribution is 2.22. The highest BCUT2D eigenvalue weighted by atomic mass is 16.7. The molecule has 10 nitrogen and oxygen atoms in total. The Balaban J connectivity index is 2.36. The van der Waals surface area contributed by atoms with E-state index in [1.807, 2.05) is 12.2 Å². The number of aliphatic hydroxyl groups excluding tert-OH is 4. The third kappa shape index (κ3) is 29.7. The van der Waals surface area contributed by atoms with Gasteiger partial charge in [0.25, 0.3) is 0 Å². The first kappa shape index (κ1) is 52.9. The lowest BCUT2D eigenvalue weighted by Gasteiger charge is -2.39. The quantitative estimate of drug-likeness (QED) is 0.0156. The molecular formula is C47H84O10. The fourth-order valence-corrected chi connectivity index (χ4v) is 6.92. The van der Waals surface area contributed by atoms with Crippen molar-refractivity contribution >= 4 is 11.9 Å². The van der Waals surface area contributed by atoms with Gasteiger partial charge in [-0.05, 0) is 44.9 Å². The van der Waals surface area contributed by atoms with E-state index in [0.717, 1.165) is 32.1 Å². The lowest BCUT2D eigenvalue weighted by molar-refractivity contribution is -0.305. The Hall–Kier alpha value is -2.08. The van der Waals surface area contributed by atoms with Crippen LogP contribution in [0.3, 0.4) is 0 Å². The zero-order valence-corrected chi connectivity index (χ0v) is 36.1. The van der Waals surface area contributed by atoms with Crippen molar-refractivity contribution in [3.63, 3.8) is 0 Å². The minimum absolute atomic E-state index is 0.209. The molecule has 1 rings (SSSR count). The molecule has 4 N–H and O–H groups in total. The predicted octanol–water partition coefficient (Wildman–Crippen LogP) is 9.89. The minimum atomic E-state index is -1.61. The number of rotatable bonds is 38. The van der Waals surface area contributed by atoms with Crippen molar-refractivity contribution in [3.05, 3.63) is 36.5 Å². The first-order valence-electron chi connectivity index (χ1n) is 23.1. The van der Waals surface area contributed by atoms with Crippen molar-refractivity contribution in [1.29, 1.82) is 0 Å². The van der Waals surface area contributed by atoms with Crippen molar-refractivity contribution in [2.75, 3.05) is 19.8 Å². The van der Waals surface area contributed by atoms with Crippen molar-refractivity contribution in [3.8, 4) is 0 Å². The second-order valence-electron chi connectivity index (χ2n) is 15.9. The Morgan fingerprint density at radius 2 is 1.05 bits per heavy atom. The molecule has 0 aliphatic carbocycles. The van der Waals surface area contributed by atoms with E-state index in [4.69, 9.17) is 18.9 Å². The van der Waals surface area contributed by atoms with Crippen LogP contribution >= 0.6 is 0 Å². The van der Waals surface area contributed by atoms with E-state index in [1.54, 1.807) is 6.08 Å². The number of esters is 2. The van der Waals surface area contributed by atoms with Gasteiger partial charge >= 0.3 is 11.9 Å². The van der Waals surface area contributed by atoms with E-state index in [9.17, 15) is 30.0 Å². The van der Waals surface area contributed by atoms with E-state index in [2.05, 4.69) is 26.0 Å². The highest BCUT2D eigenvalue weighted by molar-refractivity contribution is 5.82. The summed E-state index contributed by atoms with van der Waals surface area (Å²) in [5.41, 5.74) is 0. The minimum Gasteiger partial charge on any atom is -0.458 e. The molecule has 6 atom stereocenters. The second kappa shape index (κ2) is 38.1. The molecule has 1 saturated heterocycles. The summed E-state index contributed by atoms with van der Waals surface area (Å²) < 4.78 is 22.0. The van der Waals surface area contributed by atoms with Crippen LogP contribution in [0.4, 0.5) is 0 Å². The second-order valence-corrected chi connectivity index (χ2v) is 15.9. The van der Waals surface area contributed by atoms with Crippen LogP contribution in [-0.2, 0) is 28.5 Å². The van der Waals surface area contributed by atoms with Gasteiger partial charge in [-0.15, -0.1) is 0 Å². The number of hydrogen-bond donors (Lipinski definition) is 4. The monoisotopic (exact) mass is 809 g/mol. The molecule has 332 valence electrons. The van der Waals surface area contributed by atoms with Crippen LogP contribution in [-0.4, -0.2) is 89.0 Å². The molecule has 57 heavy (non-hydrogen) atoms. The Morgan fingerprint density at radius 1 is 0.579 bits per heavy atom. The standard InChI is InChI=1S/C47H84O10/c1-3-5-7-9-11-13-15-17-19-20-22-24-26-28-30-32-34-36-43(50)56-40(39-55-47-46(53)45(52)44(51)41(37-48)57-47)38-54-42(49)35-33-31-29-27-25-23-21-18-16-14-12-10-8-6-4-2/h13,15,29,31,33,35,40-41,44-48,51-53H,3-12,14,16-28,30,32,34,36-39H2,1-2H3/b15-13+,31-29+,35-33+/t40-,41-,44+,45?,46?,47-/m1/s1. The van der Waals surface area contributed by atoms with Gasteiger partial charge in [-0.2, -0.15) is 0 Å². The molecule has 0 radical (unpaired) electrons. The van der Waals surface area contributed by atoms with Gasteiger partial charge in [-0.25, -0.2) is 4.79 Å². The summed E-state index contributed by atoms with van der Waals surface area (Å²) in [4.78, 5) is 25.2. The third-order valence-electron chi connectivity index (χ3n) is 10.6. The van der Waals surface area contributed by atoms with Crippen molar-refractivity contribution < 1.29 is 49.0 Å². The molecule has 10 heteroatoms. The van der Waals surface area contributed by atoms with E-state index in [-0.39, 0.29) is 19.6 Å². The summed E-state index contributed by atoms with van der Waals surface area (Å²) in [6.07, 6.45) is 36.3. The number of allylic oxidation sites excluding steroid dienone is 5. The van der Waals surface area contributed by atoms with Gasteiger partial charge in [-0.3, -0.25) is 4.79 Å². The zero-order valence-electron chi connectivity index (χ0n) is 36.1. The Kier molecular flexibility index (Phi) is 35.4. The lowest BCUT2D eigenvalue weighted by Crippen LogP contribution is -2.59. The molecule has 1 aliphatic heterocycles. The predicted molar refractivity (Wildman–Crippen MR) is 229 cm³/mol. The largest absolute Gasteiger partial charge is 0.458 e. The topological polar surface area (TPSA) is 152 Å². The maximum Gasteiger partial charge on any atom is 0.330 e. The van der Waals surface area contributed by atoms with Crippen LogP contribution in [0, 0.1) is 0 Å². The van der Waals surface area contributed by atoms with Gasteiger partial charge in [-0.1, -0.05) is 173 Å². The molecule has 0 saturated carbocycles.